The molecule has 0 unspecified atom stereocenters. The van der Waals surface area contributed by atoms with E-state index in [1.165, 1.54) is 0 Å². The first-order valence-electron chi connectivity index (χ1n) is 1.04. The minimum atomic E-state index is -1.25. The average molecular weight is 118 g/mol. The van der Waals surface area contributed by atoms with Crippen LogP contribution in [0.1, 0.15) is 2.85 Å². The van der Waals surface area contributed by atoms with E-state index in [4.69, 9.17) is 9.90 Å². The van der Waals surface area contributed by atoms with Gasteiger partial charge in [-0.3, -0.25) is 0 Å². The van der Waals surface area contributed by atoms with E-state index in [1.54, 1.807) is 0 Å². The van der Waals surface area contributed by atoms with Gasteiger partial charge in [-0.25, -0.2) is 4.79 Å². The van der Waals surface area contributed by atoms with E-state index < -0.39 is 6.16 Å². The molecular formula is C2H6CaO3. The molecule has 1 N–H and O–H groups in total. The largest absolute Gasteiger partial charge is 2.00 e. The van der Waals surface area contributed by atoms with Gasteiger partial charge in [-0.2, -0.15) is 0 Å². The monoisotopic (exact) mass is 118 g/mol. The molecule has 0 aliphatic rings. The molecule has 0 aromatic heterocycles. The Morgan fingerprint density at radius 2 is 2.17 bits per heavy atom. The number of hydrogen-bond acceptors (Lipinski definition) is 2. The first kappa shape index (κ1) is 9.73. The van der Waals surface area contributed by atoms with Gasteiger partial charge >= 0.3 is 43.9 Å². The molecule has 0 atom stereocenters. The van der Waals surface area contributed by atoms with E-state index in [9.17, 15) is 0 Å². The summed E-state index contributed by atoms with van der Waals surface area (Å²) in [4.78, 5) is 9.15. The number of rotatable bonds is 0. The van der Waals surface area contributed by atoms with Crippen LogP contribution >= 0.6 is 0 Å². The fourth-order valence-corrected chi connectivity index (χ4v) is 0. The average Bonchev–Trinajstić information content (AvgIpc) is 1.38. The van der Waals surface area contributed by atoms with Crippen LogP contribution in [0.3, 0.4) is 0 Å². The Hall–Kier alpha value is 0.530. The molecule has 0 spiro atoms. The molecule has 0 rings (SSSR count). The van der Waals surface area contributed by atoms with Gasteiger partial charge in [0.2, 0.25) is 0 Å². The van der Waals surface area contributed by atoms with Crippen molar-refractivity contribution < 1.29 is 17.5 Å². The molecule has 0 heterocycles. The first-order valence-corrected chi connectivity index (χ1v) is 1.04. The third-order valence-electron chi connectivity index (χ3n) is 0.175. The summed E-state index contributed by atoms with van der Waals surface area (Å²) in [6, 6.07) is 0. The zero-order valence-electron chi connectivity index (χ0n) is 5.47. The minimum absolute atomic E-state index is 0. The minimum Gasteiger partial charge on any atom is -1.00 e. The van der Waals surface area contributed by atoms with Gasteiger partial charge in [0.25, 0.3) is 0 Å². The summed E-state index contributed by atoms with van der Waals surface area (Å²) in [5.41, 5.74) is 0. The Morgan fingerprint density at radius 1 is 2.00 bits per heavy atom. The molecule has 3 nitrogen and oxygen atoms in total. The van der Waals surface area contributed by atoms with Crippen LogP contribution < -0.4 is 0 Å². The zero-order valence-corrected chi connectivity index (χ0v) is 5.68. The second-order valence-electron chi connectivity index (χ2n) is 0.470. The summed E-state index contributed by atoms with van der Waals surface area (Å²) in [5.74, 6) is 0. The zero-order chi connectivity index (χ0) is 4.28. The maximum atomic E-state index is 9.15. The number of hydrogen-bond donors (Lipinski definition) is 1. The number of ether oxygens (including phenoxy) is 1. The maximum Gasteiger partial charge on any atom is 2.00 e. The molecule has 0 radical (unpaired) electrons. The summed E-state index contributed by atoms with van der Waals surface area (Å²) in [6.45, 7) is 0. The smallest absolute Gasteiger partial charge is 1.00 e. The number of carboxylic acid groups (broad SMARTS) is 1. The first-order chi connectivity index (χ1) is 2.27. The van der Waals surface area contributed by atoms with Crippen molar-refractivity contribution in [1.29, 1.82) is 0 Å². The molecule has 0 aliphatic carbocycles. The van der Waals surface area contributed by atoms with Crippen LogP contribution in [-0.2, 0) is 4.74 Å². The van der Waals surface area contributed by atoms with Crippen molar-refractivity contribution in [3.05, 3.63) is 0 Å². The third-order valence-corrected chi connectivity index (χ3v) is 0.175. The molecule has 0 aromatic rings. The SMILES string of the molecule is COC(=O)O.[Ca+2].[H-].[H-]. The van der Waals surface area contributed by atoms with Crippen LogP contribution in [0.15, 0.2) is 0 Å². The predicted molar refractivity (Wildman–Crippen MR) is 23.0 cm³/mol. The third kappa shape index (κ3) is 8.82. The van der Waals surface area contributed by atoms with E-state index in [2.05, 4.69) is 4.74 Å². The van der Waals surface area contributed by atoms with E-state index in [1.807, 2.05) is 0 Å². The second kappa shape index (κ2) is 5.53. The van der Waals surface area contributed by atoms with E-state index in [-0.39, 0.29) is 40.6 Å². The van der Waals surface area contributed by atoms with Crippen LogP contribution in [0.2, 0.25) is 0 Å². The molecule has 4 heteroatoms. The van der Waals surface area contributed by atoms with Gasteiger partial charge in [0.1, 0.15) is 0 Å². The Balaban J connectivity index is -0.0000000267. The van der Waals surface area contributed by atoms with Crippen LogP contribution in [0, 0.1) is 0 Å². The van der Waals surface area contributed by atoms with Crippen molar-refractivity contribution in [2.45, 2.75) is 0 Å². The molecular weight excluding hydrogens is 112 g/mol. The van der Waals surface area contributed by atoms with E-state index >= 15 is 0 Å². The van der Waals surface area contributed by atoms with Gasteiger partial charge in [-0.1, -0.05) is 0 Å². The van der Waals surface area contributed by atoms with E-state index in [0.717, 1.165) is 7.11 Å². The van der Waals surface area contributed by atoms with Gasteiger partial charge in [0, 0.05) is 0 Å². The van der Waals surface area contributed by atoms with Crippen molar-refractivity contribution >= 4 is 43.9 Å². The van der Waals surface area contributed by atoms with Crippen molar-refractivity contribution in [2.75, 3.05) is 7.11 Å². The topological polar surface area (TPSA) is 46.5 Å². The van der Waals surface area contributed by atoms with E-state index in [0.29, 0.717) is 0 Å². The molecule has 0 saturated heterocycles. The Bertz CT molecular complexity index is 50.5. The summed E-state index contributed by atoms with van der Waals surface area (Å²) in [5, 5.41) is 7.50. The Morgan fingerprint density at radius 3 is 2.17 bits per heavy atom. The fraction of sp³-hybridized carbons (Fsp3) is 0.500. The predicted octanol–water partition coefficient (Wildman–Crippen LogP) is 0.155. The molecule has 0 aromatic carbocycles. The fourth-order valence-electron chi connectivity index (χ4n) is 0. The van der Waals surface area contributed by atoms with Crippen molar-refractivity contribution in [3.63, 3.8) is 0 Å². The standard InChI is InChI=1S/C2H4O3.Ca.2H/c1-5-2(3)4;;;/h1H3,(H,3,4);;;/q;+2;2*-1. The Kier molecular flexibility index (Phi) is 8.97. The number of methoxy groups -OCH3 is 1. The van der Waals surface area contributed by atoms with Crippen molar-refractivity contribution in [3.8, 4) is 0 Å². The normalized spacial score (nSPS) is 5.50. The summed E-state index contributed by atoms with van der Waals surface area (Å²) in [7, 11) is 1.10. The molecule has 6 heavy (non-hydrogen) atoms. The molecule has 0 amide bonds. The molecule has 0 aliphatic heterocycles. The van der Waals surface area contributed by atoms with Crippen molar-refractivity contribution in [2.24, 2.45) is 0 Å². The van der Waals surface area contributed by atoms with Crippen LogP contribution in [0.4, 0.5) is 4.79 Å². The van der Waals surface area contributed by atoms with Crippen LogP contribution in [-0.4, -0.2) is 56.1 Å². The molecule has 0 fully saturated rings. The van der Waals surface area contributed by atoms with Crippen molar-refractivity contribution in [1.82, 2.24) is 0 Å². The van der Waals surface area contributed by atoms with Crippen LogP contribution in [0.25, 0.3) is 0 Å². The summed E-state index contributed by atoms with van der Waals surface area (Å²) >= 11 is 0. The molecule has 34 valence electrons. The number of carbonyl (C=O) groups is 1. The molecule has 0 saturated carbocycles. The maximum absolute atomic E-state index is 9.15. The van der Waals surface area contributed by atoms with Gasteiger partial charge in [-0.05, 0) is 0 Å². The van der Waals surface area contributed by atoms with Gasteiger partial charge in [-0.15, -0.1) is 0 Å². The van der Waals surface area contributed by atoms with Gasteiger partial charge < -0.3 is 12.7 Å². The Labute approximate surface area is 68.3 Å². The summed E-state index contributed by atoms with van der Waals surface area (Å²) in [6.07, 6.45) is -1.25. The second-order valence-corrected chi connectivity index (χ2v) is 0.470. The van der Waals surface area contributed by atoms with Gasteiger partial charge in [0.15, 0.2) is 0 Å². The van der Waals surface area contributed by atoms with Crippen LogP contribution in [0.5, 0.6) is 0 Å². The van der Waals surface area contributed by atoms with Gasteiger partial charge in [0.05, 0.1) is 7.11 Å². The quantitative estimate of drug-likeness (QED) is 0.364. The summed E-state index contributed by atoms with van der Waals surface area (Å²) < 4.78 is 3.67. The molecule has 0 bridgehead atoms.